The molecule has 1 fully saturated rings. The molecule has 1 aromatic heterocycles. The monoisotopic (exact) mass is 177 g/mol. The molecule has 1 atom stereocenters. The maximum absolute atomic E-state index is 4.49. The standard InChI is InChI=1S/C10H15N3/c1-8-3-2-4-9(13-8)10-7-11-5-6-12-10/h2-4,10-12H,5-7H2,1H3/t10-/m1/s1. The quantitative estimate of drug-likeness (QED) is 0.660. The van der Waals surface area contributed by atoms with E-state index in [1.807, 2.05) is 13.0 Å². The van der Waals surface area contributed by atoms with Gasteiger partial charge in [0.25, 0.3) is 0 Å². The first-order valence-electron chi connectivity index (χ1n) is 4.74. The second-order valence-corrected chi connectivity index (χ2v) is 3.41. The van der Waals surface area contributed by atoms with Crippen LogP contribution in [0.5, 0.6) is 0 Å². The average molecular weight is 177 g/mol. The van der Waals surface area contributed by atoms with Gasteiger partial charge < -0.3 is 10.6 Å². The van der Waals surface area contributed by atoms with E-state index < -0.39 is 0 Å². The third kappa shape index (κ3) is 2.05. The summed E-state index contributed by atoms with van der Waals surface area (Å²) in [6.45, 7) is 5.10. The van der Waals surface area contributed by atoms with Crippen molar-refractivity contribution in [3.63, 3.8) is 0 Å². The first kappa shape index (κ1) is 8.66. The van der Waals surface area contributed by atoms with E-state index in [2.05, 4.69) is 27.8 Å². The fourth-order valence-corrected chi connectivity index (χ4v) is 1.62. The molecule has 2 N–H and O–H groups in total. The predicted molar refractivity (Wildman–Crippen MR) is 52.6 cm³/mol. The Morgan fingerprint density at radius 2 is 2.31 bits per heavy atom. The summed E-state index contributed by atoms with van der Waals surface area (Å²) >= 11 is 0. The van der Waals surface area contributed by atoms with Crippen molar-refractivity contribution in [1.29, 1.82) is 0 Å². The van der Waals surface area contributed by atoms with Crippen LogP contribution in [0.4, 0.5) is 0 Å². The fourth-order valence-electron chi connectivity index (χ4n) is 1.62. The molecule has 3 nitrogen and oxygen atoms in total. The van der Waals surface area contributed by atoms with Crippen LogP contribution in [-0.4, -0.2) is 24.6 Å². The number of nitrogens with one attached hydrogen (secondary N) is 2. The van der Waals surface area contributed by atoms with Crippen LogP contribution in [0.2, 0.25) is 0 Å². The number of rotatable bonds is 1. The lowest BCUT2D eigenvalue weighted by Gasteiger charge is -2.24. The first-order chi connectivity index (χ1) is 6.36. The van der Waals surface area contributed by atoms with Gasteiger partial charge in [-0.1, -0.05) is 6.07 Å². The minimum Gasteiger partial charge on any atom is -0.314 e. The molecule has 0 saturated carbocycles. The number of aryl methyl sites for hydroxylation is 1. The van der Waals surface area contributed by atoms with Crippen molar-refractivity contribution in [2.24, 2.45) is 0 Å². The Hall–Kier alpha value is -0.930. The van der Waals surface area contributed by atoms with Gasteiger partial charge in [-0.05, 0) is 19.1 Å². The topological polar surface area (TPSA) is 37.0 Å². The lowest BCUT2D eigenvalue weighted by molar-refractivity contribution is 0.423. The van der Waals surface area contributed by atoms with Crippen molar-refractivity contribution in [1.82, 2.24) is 15.6 Å². The van der Waals surface area contributed by atoms with Crippen molar-refractivity contribution >= 4 is 0 Å². The van der Waals surface area contributed by atoms with Gasteiger partial charge in [0.15, 0.2) is 0 Å². The summed E-state index contributed by atoms with van der Waals surface area (Å²) in [5.41, 5.74) is 2.23. The third-order valence-electron chi connectivity index (χ3n) is 2.31. The maximum atomic E-state index is 4.49. The number of hydrogen-bond acceptors (Lipinski definition) is 3. The smallest absolute Gasteiger partial charge is 0.0622 e. The fraction of sp³-hybridized carbons (Fsp3) is 0.500. The van der Waals surface area contributed by atoms with Crippen molar-refractivity contribution in [2.45, 2.75) is 13.0 Å². The summed E-state index contributed by atoms with van der Waals surface area (Å²) in [6.07, 6.45) is 0. The van der Waals surface area contributed by atoms with Crippen LogP contribution in [0.25, 0.3) is 0 Å². The van der Waals surface area contributed by atoms with Crippen molar-refractivity contribution < 1.29 is 0 Å². The maximum Gasteiger partial charge on any atom is 0.0622 e. The van der Waals surface area contributed by atoms with Crippen LogP contribution >= 0.6 is 0 Å². The Labute approximate surface area is 78.6 Å². The van der Waals surface area contributed by atoms with E-state index in [9.17, 15) is 0 Å². The van der Waals surface area contributed by atoms with E-state index in [0.717, 1.165) is 31.0 Å². The molecule has 3 heteroatoms. The molecular weight excluding hydrogens is 162 g/mol. The molecule has 1 aliphatic rings. The first-order valence-corrected chi connectivity index (χ1v) is 4.74. The van der Waals surface area contributed by atoms with Crippen LogP contribution in [0.15, 0.2) is 18.2 Å². The molecule has 1 aromatic rings. The molecule has 2 rings (SSSR count). The molecule has 1 saturated heterocycles. The largest absolute Gasteiger partial charge is 0.314 e. The van der Waals surface area contributed by atoms with Crippen molar-refractivity contribution in [3.05, 3.63) is 29.6 Å². The van der Waals surface area contributed by atoms with Gasteiger partial charge in [0.2, 0.25) is 0 Å². The van der Waals surface area contributed by atoms with E-state index in [4.69, 9.17) is 0 Å². The summed E-state index contributed by atoms with van der Waals surface area (Å²) in [6, 6.07) is 6.56. The second kappa shape index (κ2) is 3.85. The van der Waals surface area contributed by atoms with Crippen LogP contribution in [0, 0.1) is 6.92 Å². The van der Waals surface area contributed by atoms with Gasteiger partial charge in [-0.15, -0.1) is 0 Å². The number of piperazine rings is 1. The molecular formula is C10H15N3. The highest BCUT2D eigenvalue weighted by molar-refractivity contribution is 5.14. The molecule has 2 heterocycles. The minimum atomic E-state index is 0.383. The molecule has 0 spiro atoms. The van der Waals surface area contributed by atoms with E-state index in [-0.39, 0.29) is 0 Å². The number of hydrogen-bond donors (Lipinski definition) is 2. The van der Waals surface area contributed by atoms with E-state index in [1.165, 1.54) is 0 Å². The molecule has 70 valence electrons. The Morgan fingerprint density at radius 3 is 3.00 bits per heavy atom. The zero-order valence-electron chi connectivity index (χ0n) is 7.88. The summed E-state index contributed by atoms with van der Waals surface area (Å²) in [7, 11) is 0. The van der Waals surface area contributed by atoms with Gasteiger partial charge in [0.05, 0.1) is 11.7 Å². The Bertz CT molecular complexity index is 279. The highest BCUT2D eigenvalue weighted by Crippen LogP contribution is 2.10. The molecule has 0 unspecified atom stereocenters. The molecule has 0 bridgehead atoms. The molecule has 0 radical (unpaired) electrons. The summed E-state index contributed by atoms with van der Waals surface area (Å²) in [5, 5.41) is 6.79. The Kier molecular flexibility index (Phi) is 2.57. The van der Waals surface area contributed by atoms with Crippen LogP contribution in [-0.2, 0) is 0 Å². The molecule has 13 heavy (non-hydrogen) atoms. The van der Waals surface area contributed by atoms with Crippen LogP contribution in [0.1, 0.15) is 17.4 Å². The van der Waals surface area contributed by atoms with E-state index in [1.54, 1.807) is 0 Å². The molecule has 0 aromatic carbocycles. The van der Waals surface area contributed by atoms with Crippen molar-refractivity contribution in [3.8, 4) is 0 Å². The lowest BCUT2D eigenvalue weighted by Crippen LogP contribution is -2.42. The van der Waals surface area contributed by atoms with Gasteiger partial charge in [0, 0.05) is 25.3 Å². The number of aromatic nitrogens is 1. The Morgan fingerprint density at radius 1 is 1.38 bits per heavy atom. The average Bonchev–Trinajstić information content (AvgIpc) is 2.19. The van der Waals surface area contributed by atoms with Gasteiger partial charge >= 0.3 is 0 Å². The summed E-state index contributed by atoms with van der Waals surface area (Å²) < 4.78 is 0. The highest BCUT2D eigenvalue weighted by Gasteiger charge is 2.14. The van der Waals surface area contributed by atoms with Gasteiger partial charge in [-0.25, -0.2) is 0 Å². The van der Waals surface area contributed by atoms with Gasteiger partial charge in [-0.2, -0.15) is 0 Å². The third-order valence-corrected chi connectivity index (χ3v) is 2.31. The number of nitrogens with zero attached hydrogens (tertiary/aromatic N) is 1. The van der Waals surface area contributed by atoms with E-state index >= 15 is 0 Å². The normalized spacial score (nSPS) is 23.0. The second-order valence-electron chi connectivity index (χ2n) is 3.41. The molecule has 0 aliphatic carbocycles. The highest BCUT2D eigenvalue weighted by atomic mass is 15.1. The van der Waals surface area contributed by atoms with Gasteiger partial charge in [-0.3, -0.25) is 4.98 Å². The minimum absolute atomic E-state index is 0.383. The van der Waals surface area contributed by atoms with Crippen LogP contribution < -0.4 is 10.6 Å². The lowest BCUT2D eigenvalue weighted by atomic mass is 10.1. The predicted octanol–water partition coefficient (Wildman–Crippen LogP) is 0.624. The molecule has 1 aliphatic heterocycles. The SMILES string of the molecule is Cc1cccc([C@H]2CNCCN2)n1. The zero-order chi connectivity index (χ0) is 9.10. The Balaban J connectivity index is 2.14. The zero-order valence-corrected chi connectivity index (χ0v) is 7.88. The molecule has 0 amide bonds. The number of pyridine rings is 1. The van der Waals surface area contributed by atoms with Crippen molar-refractivity contribution in [2.75, 3.05) is 19.6 Å². The summed E-state index contributed by atoms with van der Waals surface area (Å²) in [5.74, 6) is 0. The van der Waals surface area contributed by atoms with Gasteiger partial charge in [0.1, 0.15) is 0 Å². The van der Waals surface area contributed by atoms with E-state index in [0.29, 0.717) is 6.04 Å². The van der Waals surface area contributed by atoms with Crippen LogP contribution in [0.3, 0.4) is 0 Å². The summed E-state index contributed by atoms with van der Waals surface area (Å²) in [4.78, 5) is 4.49.